The maximum atomic E-state index is 12.6. The Morgan fingerprint density at radius 2 is 2.25 bits per heavy atom. The second kappa shape index (κ2) is 5.37. The van der Waals surface area contributed by atoms with Crippen LogP contribution in [0.5, 0.6) is 0 Å². The van der Waals surface area contributed by atoms with Crippen LogP contribution in [0.25, 0.3) is 0 Å². The van der Waals surface area contributed by atoms with E-state index in [1.54, 1.807) is 4.68 Å². The quantitative estimate of drug-likeness (QED) is 0.840. The van der Waals surface area contributed by atoms with Gasteiger partial charge in [-0.3, -0.25) is 9.48 Å². The molecule has 3 heterocycles. The first-order valence-electron chi connectivity index (χ1n) is 7.17. The predicted molar refractivity (Wildman–Crippen MR) is 75.6 cm³/mol. The number of hydrogen-bond donors (Lipinski definition) is 0. The summed E-state index contributed by atoms with van der Waals surface area (Å²) in [6.07, 6.45) is 2.82. The molecule has 0 radical (unpaired) electrons. The molecule has 0 unspecified atom stereocenters. The van der Waals surface area contributed by atoms with Crippen LogP contribution in [0, 0.1) is 12.8 Å². The van der Waals surface area contributed by atoms with E-state index in [0.717, 1.165) is 37.1 Å². The van der Waals surface area contributed by atoms with Gasteiger partial charge in [0.05, 0.1) is 24.3 Å². The molecule has 2 saturated heterocycles. The van der Waals surface area contributed by atoms with E-state index in [9.17, 15) is 4.79 Å². The van der Waals surface area contributed by atoms with Crippen LogP contribution in [0.1, 0.15) is 36.6 Å². The van der Waals surface area contributed by atoms with Crippen LogP contribution < -0.4 is 0 Å². The van der Waals surface area contributed by atoms with Crippen LogP contribution in [0.4, 0.5) is 0 Å². The van der Waals surface area contributed by atoms with Crippen LogP contribution in [-0.2, 0) is 16.6 Å². The number of aromatic nitrogens is 2. The molecule has 2 atom stereocenters. The van der Waals surface area contributed by atoms with Crippen LogP contribution >= 0.6 is 11.6 Å². The number of carbonyl (C=O) groups is 1. The lowest BCUT2D eigenvalue weighted by molar-refractivity contribution is -0.136. The third-order valence-electron chi connectivity index (χ3n) is 4.34. The molecule has 5 nitrogen and oxygen atoms in total. The molecule has 20 heavy (non-hydrogen) atoms. The van der Waals surface area contributed by atoms with E-state index in [1.807, 2.05) is 18.9 Å². The van der Waals surface area contributed by atoms with Gasteiger partial charge in [0.15, 0.2) is 0 Å². The molecule has 110 valence electrons. The summed E-state index contributed by atoms with van der Waals surface area (Å²) in [6, 6.07) is 0.0734. The van der Waals surface area contributed by atoms with Crippen molar-refractivity contribution in [2.45, 2.75) is 32.2 Å². The Morgan fingerprint density at radius 1 is 1.45 bits per heavy atom. The van der Waals surface area contributed by atoms with Crippen LogP contribution in [0.15, 0.2) is 0 Å². The molecule has 1 aromatic rings. The fourth-order valence-corrected chi connectivity index (χ4v) is 3.62. The number of hydrogen-bond acceptors (Lipinski definition) is 3. The van der Waals surface area contributed by atoms with E-state index in [0.29, 0.717) is 18.4 Å². The number of rotatable bonds is 2. The van der Waals surface area contributed by atoms with Gasteiger partial charge in [-0.2, -0.15) is 5.10 Å². The number of halogens is 1. The highest BCUT2D eigenvalue weighted by Gasteiger charge is 2.37. The van der Waals surface area contributed by atoms with Crippen molar-refractivity contribution in [3.8, 4) is 0 Å². The molecule has 0 N–H and O–H groups in total. The Morgan fingerprint density at radius 3 is 2.85 bits per heavy atom. The van der Waals surface area contributed by atoms with Gasteiger partial charge < -0.3 is 9.64 Å². The molecule has 2 aliphatic heterocycles. The lowest BCUT2D eigenvalue weighted by Crippen LogP contribution is -2.36. The van der Waals surface area contributed by atoms with E-state index in [-0.39, 0.29) is 17.9 Å². The smallest absolute Gasteiger partial charge is 0.228 e. The summed E-state index contributed by atoms with van der Waals surface area (Å²) >= 11 is 6.36. The SMILES string of the molecule is Cc1nn(C)c(Cl)c1[C@@H]1CCCN1C(=O)[C@H]1CCOC1. The maximum Gasteiger partial charge on any atom is 0.228 e. The van der Waals surface area contributed by atoms with Gasteiger partial charge in [-0.15, -0.1) is 0 Å². The average Bonchev–Trinajstić information content (AvgIpc) is 3.12. The molecule has 6 heteroatoms. The molecule has 2 aliphatic rings. The molecular weight excluding hydrogens is 278 g/mol. The minimum Gasteiger partial charge on any atom is -0.381 e. The first kappa shape index (κ1) is 13.9. The third-order valence-corrected chi connectivity index (χ3v) is 4.79. The molecule has 1 aromatic heterocycles. The molecule has 1 amide bonds. The van der Waals surface area contributed by atoms with E-state index in [2.05, 4.69) is 5.10 Å². The minimum absolute atomic E-state index is 0.0198. The molecule has 0 saturated carbocycles. The summed E-state index contributed by atoms with van der Waals surface area (Å²) in [5.41, 5.74) is 1.93. The van der Waals surface area contributed by atoms with E-state index >= 15 is 0 Å². The van der Waals surface area contributed by atoms with Crippen LogP contribution in [0.2, 0.25) is 5.15 Å². The van der Waals surface area contributed by atoms with E-state index in [1.165, 1.54) is 0 Å². The summed E-state index contributed by atoms with van der Waals surface area (Å²) in [6.45, 7) is 4.02. The van der Waals surface area contributed by atoms with Crippen molar-refractivity contribution < 1.29 is 9.53 Å². The van der Waals surface area contributed by atoms with Crippen molar-refractivity contribution in [2.24, 2.45) is 13.0 Å². The van der Waals surface area contributed by atoms with Crippen molar-refractivity contribution in [3.05, 3.63) is 16.4 Å². The molecule has 0 aliphatic carbocycles. The lowest BCUT2D eigenvalue weighted by Gasteiger charge is -2.27. The summed E-state index contributed by atoms with van der Waals surface area (Å²) < 4.78 is 7.03. The number of carbonyl (C=O) groups excluding carboxylic acids is 1. The van der Waals surface area contributed by atoms with Gasteiger partial charge in [0, 0.05) is 25.8 Å². The number of nitrogens with zero attached hydrogens (tertiary/aromatic N) is 3. The lowest BCUT2D eigenvalue weighted by atomic mass is 10.0. The Hall–Kier alpha value is -1.07. The Bertz CT molecular complexity index is 523. The highest BCUT2D eigenvalue weighted by molar-refractivity contribution is 6.30. The monoisotopic (exact) mass is 297 g/mol. The zero-order valence-corrected chi connectivity index (χ0v) is 12.7. The van der Waals surface area contributed by atoms with Crippen LogP contribution in [-0.4, -0.2) is 40.3 Å². The Kier molecular flexibility index (Phi) is 3.73. The second-order valence-electron chi connectivity index (χ2n) is 5.66. The molecule has 2 fully saturated rings. The number of amides is 1. The van der Waals surface area contributed by atoms with Crippen molar-refractivity contribution in [1.29, 1.82) is 0 Å². The minimum atomic E-state index is 0.0198. The summed E-state index contributed by atoms with van der Waals surface area (Å²) in [7, 11) is 1.84. The molecule has 0 bridgehead atoms. The maximum absolute atomic E-state index is 12.6. The summed E-state index contributed by atoms with van der Waals surface area (Å²) in [5.74, 6) is 0.232. The third kappa shape index (κ3) is 2.23. The number of likely N-dealkylation sites (tertiary alicyclic amines) is 1. The standard InChI is InChI=1S/C14H20ClN3O2/c1-9-12(13(15)17(2)16-9)11-4-3-6-18(11)14(19)10-5-7-20-8-10/h10-11H,3-8H2,1-2H3/t10-,11-/m0/s1. The zero-order chi connectivity index (χ0) is 14.3. The molecule has 0 spiro atoms. The van der Waals surface area contributed by atoms with Gasteiger partial charge >= 0.3 is 0 Å². The largest absolute Gasteiger partial charge is 0.381 e. The number of ether oxygens (including phenoxy) is 1. The second-order valence-corrected chi connectivity index (χ2v) is 6.02. The van der Waals surface area contributed by atoms with E-state index < -0.39 is 0 Å². The van der Waals surface area contributed by atoms with Crippen LogP contribution in [0.3, 0.4) is 0 Å². The van der Waals surface area contributed by atoms with Gasteiger partial charge in [0.25, 0.3) is 0 Å². The summed E-state index contributed by atoms with van der Waals surface area (Å²) in [4.78, 5) is 14.6. The van der Waals surface area contributed by atoms with Crippen molar-refractivity contribution in [3.63, 3.8) is 0 Å². The molecule has 3 rings (SSSR count). The van der Waals surface area contributed by atoms with Crippen molar-refractivity contribution in [2.75, 3.05) is 19.8 Å². The Labute approximate surface area is 123 Å². The highest BCUT2D eigenvalue weighted by atomic mass is 35.5. The average molecular weight is 298 g/mol. The van der Waals surface area contributed by atoms with E-state index in [4.69, 9.17) is 16.3 Å². The first-order valence-corrected chi connectivity index (χ1v) is 7.54. The fourth-order valence-electron chi connectivity index (χ4n) is 3.32. The fraction of sp³-hybridized carbons (Fsp3) is 0.714. The zero-order valence-electron chi connectivity index (χ0n) is 11.9. The Balaban J connectivity index is 1.86. The van der Waals surface area contributed by atoms with Crippen molar-refractivity contribution >= 4 is 17.5 Å². The summed E-state index contributed by atoms with van der Waals surface area (Å²) in [5, 5.41) is 5.02. The van der Waals surface area contributed by atoms with Crippen molar-refractivity contribution in [1.82, 2.24) is 14.7 Å². The first-order chi connectivity index (χ1) is 9.59. The van der Waals surface area contributed by atoms with Gasteiger partial charge in [-0.25, -0.2) is 0 Å². The van der Waals surface area contributed by atoms with Gasteiger partial charge in [0.1, 0.15) is 5.15 Å². The normalized spacial score (nSPS) is 26.4. The van der Waals surface area contributed by atoms with Gasteiger partial charge in [-0.1, -0.05) is 11.6 Å². The van der Waals surface area contributed by atoms with Gasteiger partial charge in [-0.05, 0) is 26.2 Å². The number of aryl methyl sites for hydroxylation is 2. The van der Waals surface area contributed by atoms with Gasteiger partial charge in [0.2, 0.25) is 5.91 Å². The predicted octanol–water partition coefficient (Wildman–Crippen LogP) is 2.08. The molecule has 0 aromatic carbocycles. The molecular formula is C14H20ClN3O2. The topological polar surface area (TPSA) is 47.4 Å². The highest BCUT2D eigenvalue weighted by Crippen LogP contribution is 2.38.